The molecular formula is C11H19NO3. The van der Waals surface area contributed by atoms with Crippen LogP contribution in [-0.2, 0) is 14.3 Å². The first-order valence-corrected chi connectivity index (χ1v) is 5.35. The van der Waals surface area contributed by atoms with E-state index in [1.54, 1.807) is 6.92 Å². The van der Waals surface area contributed by atoms with E-state index in [1.807, 2.05) is 0 Å². The second-order valence-corrected chi connectivity index (χ2v) is 3.76. The summed E-state index contributed by atoms with van der Waals surface area (Å²) in [6, 6.07) is 0. The fourth-order valence-electron chi connectivity index (χ4n) is 1.40. The van der Waals surface area contributed by atoms with Gasteiger partial charge in [-0.15, -0.1) is 0 Å². The Kier molecular flexibility index (Phi) is 5.36. The third kappa shape index (κ3) is 4.95. The van der Waals surface area contributed by atoms with Crippen molar-refractivity contribution in [3.8, 4) is 0 Å². The van der Waals surface area contributed by atoms with Gasteiger partial charge in [0.15, 0.2) is 0 Å². The van der Waals surface area contributed by atoms with Crippen molar-refractivity contribution in [1.29, 1.82) is 0 Å². The summed E-state index contributed by atoms with van der Waals surface area (Å²) < 4.78 is 10.5. The highest BCUT2D eigenvalue weighted by Crippen LogP contribution is 2.05. The molecule has 1 saturated heterocycles. The number of carbonyl (C=O) groups excluding carboxylic acids is 1. The van der Waals surface area contributed by atoms with Gasteiger partial charge in [0.1, 0.15) is 0 Å². The van der Waals surface area contributed by atoms with E-state index in [4.69, 9.17) is 9.47 Å². The molecule has 1 N–H and O–H groups in total. The Morgan fingerprint density at radius 3 is 3.07 bits per heavy atom. The van der Waals surface area contributed by atoms with Crippen LogP contribution in [0, 0.1) is 0 Å². The highest BCUT2D eigenvalue weighted by molar-refractivity contribution is 5.86. The van der Waals surface area contributed by atoms with E-state index in [9.17, 15) is 4.79 Å². The van der Waals surface area contributed by atoms with Crippen molar-refractivity contribution in [3.63, 3.8) is 0 Å². The van der Waals surface area contributed by atoms with E-state index in [0.717, 1.165) is 32.5 Å². The molecule has 0 aromatic heterocycles. The van der Waals surface area contributed by atoms with E-state index in [-0.39, 0.29) is 12.1 Å². The summed E-state index contributed by atoms with van der Waals surface area (Å²) in [5.41, 5.74) is 0.450. The van der Waals surface area contributed by atoms with Crippen LogP contribution in [-0.4, -0.2) is 38.4 Å². The first-order valence-electron chi connectivity index (χ1n) is 5.35. The van der Waals surface area contributed by atoms with Crippen LogP contribution in [0.1, 0.15) is 19.8 Å². The van der Waals surface area contributed by atoms with Crippen LogP contribution in [0.25, 0.3) is 0 Å². The van der Waals surface area contributed by atoms with Crippen LogP contribution in [0.3, 0.4) is 0 Å². The standard InChI is InChI=1S/C11H19NO3/c1-9(2)11(13)15-6-3-4-10-8-12-5-7-14-10/h10,12H,1,3-8H2,2H3. The summed E-state index contributed by atoms with van der Waals surface area (Å²) in [7, 11) is 0. The quantitative estimate of drug-likeness (QED) is 0.418. The van der Waals surface area contributed by atoms with Crippen LogP contribution in [0.4, 0.5) is 0 Å². The second-order valence-electron chi connectivity index (χ2n) is 3.76. The minimum absolute atomic E-state index is 0.266. The molecule has 0 spiro atoms. The van der Waals surface area contributed by atoms with Crippen molar-refractivity contribution in [3.05, 3.63) is 12.2 Å². The smallest absolute Gasteiger partial charge is 0.333 e. The fourth-order valence-corrected chi connectivity index (χ4v) is 1.40. The lowest BCUT2D eigenvalue weighted by atomic mass is 10.2. The number of ether oxygens (including phenoxy) is 2. The van der Waals surface area contributed by atoms with E-state index in [1.165, 1.54) is 0 Å². The monoisotopic (exact) mass is 213 g/mol. The Bertz CT molecular complexity index is 222. The maximum atomic E-state index is 11.0. The molecule has 1 fully saturated rings. The lowest BCUT2D eigenvalue weighted by molar-refractivity contribution is -0.139. The topological polar surface area (TPSA) is 47.6 Å². The average Bonchev–Trinajstić information content (AvgIpc) is 2.25. The van der Waals surface area contributed by atoms with Crippen molar-refractivity contribution in [2.45, 2.75) is 25.9 Å². The summed E-state index contributed by atoms with van der Waals surface area (Å²) >= 11 is 0. The molecule has 1 aliphatic heterocycles. The Labute approximate surface area is 90.6 Å². The van der Waals surface area contributed by atoms with Gasteiger partial charge in [0.2, 0.25) is 0 Å². The molecule has 4 heteroatoms. The van der Waals surface area contributed by atoms with Gasteiger partial charge in [-0.05, 0) is 19.8 Å². The minimum Gasteiger partial charge on any atom is -0.462 e. The molecule has 0 aromatic rings. The molecule has 1 atom stereocenters. The van der Waals surface area contributed by atoms with Crippen molar-refractivity contribution < 1.29 is 14.3 Å². The second kappa shape index (κ2) is 6.58. The SMILES string of the molecule is C=C(C)C(=O)OCCCC1CNCCO1. The zero-order chi connectivity index (χ0) is 11.1. The molecular weight excluding hydrogens is 194 g/mol. The normalized spacial score (nSPS) is 21.0. The van der Waals surface area contributed by atoms with Crippen LogP contribution in [0.15, 0.2) is 12.2 Å². The lowest BCUT2D eigenvalue weighted by Crippen LogP contribution is -2.38. The molecule has 1 heterocycles. The predicted molar refractivity (Wildman–Crippen MR) is 57.6 cm³/mol. The first kappa shape index (κ1) is 12.2. The van der Waals surface area contributed by atoms with Gasteiger partial charge >= 0.3 is 5.97 Å². The van der Waals surface area contributed by atoms with E-state index < -0.39 is 0 Å². The summed E-state index contributed by atoms with van der Waals surface area (Å²) in [6.45, 7) is 8.22. The van der Waals surface area contributed by atoms with Gasteiger partial charge in [-0.3, -0.25) is 0 Å². The van der Waals surface area contributed by atoms with Gasteiger partial charge in [-0.1, -0.05) is 6.58 Å². The molecule has 0 bridgehead atoms. The third-order valence-electron chi connectivity index (χ3n) is 2.26. The number of esters is 1. The number of nitrogens with one attached hydrogen (secondary N) is 1. The minimum atomic E-state index is -0.308. The van der Waals surface area contributed by atoms with E-state index >= 15 is 0 Å². The van der Waals surface area contributed by atoms with E-state index in [0.29, 0.717) is 12.2 Å². The molecule has 0 saturated carbocycles. The molecule has 1 rings (SSSR count). The molecule has 86 valence electrons. The van der Waals surface area contributed by atoms with Crippen LogP contribution in [0.5, 0.6) is 0 Å². The lowest BCUT2D eigenvalue weighted by Gasteiger charge is -2.23. The summed E-state index contributed by atoms with van der Waals surface area (Å²) in [4.78, 5) is 11.0. The number of morpholine rings is 1. The van der Waals surface area contributed by atoms with Crippen LogP contribution in [0.2, 0.25) is 0 Å². The average molecular weight is 213 g/mol. The maximum absolute atomic E-state index is 11.0. The highest BCUT2D eigenvalue weighted by Gasteiger charge is 2.12. The van der Waals surface area contributed by atoms with Gasteiger partial charge in [0.05, 0.1) is 19.3 Å². The summed E-state index contributed by atoms with van der Waals surface area (Å²) in [5.74, 6) is -0.308. The van der Waals surface area contributed by atoms with Crippen molar-refractivity contribution in [2.24, 2.45) is 0 Å². The molecule has 15 heavy (non-hydrogen) atoms. The zero-order valence-corrected chi connectivity index (χ0v) is 9.25. The van der Waals surface area contributed by atoms with Crippen LogP contribution < -0.4 is 5.32 Å². The van der Waals surface area contributed by atoms with Gasteiger partial charge in [0.25, 0.3) is 0 Å². The Balaban J connectivity index is 2.01. The Hall–Kier alpha value is -0.870. The molecule has 0 radical (unpaired) electrons. The van der Waals surface area contributed by atoms with Crippen molar-refractivity contribution in [2.75, 3.05) is 26.3 Å². The molecule has 1 aliphatic rings. The molecule has 4 nitrogen and oxygen atoms in total. The number of carbonyl (C=O) groups is 1. The Morgan fingerprint density at radius 2 is 2.47 bits per heavy atom. The molecule has 0 aromatic carbocycles. The number of hydrogen-bond acceptors (Lipinski definition) is 4. The number of hydrogen-bond donors (Lipinski definition) is 1. The molecule has 0 amide bonds. The van der Waals surface area contributed by atoms with Gasteiger partial charge in [-0.2, -0.15) is 0 Å². The Morgan fingerprint density at radius 1 is 1.67 bits per heavy atom. The van der Waals surface area contributed by atoms with Gasteiger partial charge in [-0.25, -0.2) is 4.79 Å². The molecule has 0 aliphatic carbocycles. The summed E-state index contributed by atoms with van der Waals surface area (Å²) in [6.07, 6.45) is 2.03. The van der Waals surface area contributed by atoms with Crippen molar-refractivity contribution in [1.82, 2.24) is 5.32 Å². The van der Waals surface area contributed by atoms with E-state index in [2.05, 4.69) is 11.9 Å². The van der Waals surface area contributed by atoms with Gasteiger partial charge < -0.3 is 14.8 Å². The predicted octanol–water partition coefficient (Wildman–Crippen LogP) is 0.874. The largest absolute Gasteiger partial charge is 0.462 e. The highest BCUT2D eigenvalue weighted by atomic mass is 16.5. The maximum Gasteiger partial charge on any atom is 0.333 e. The molecule has 1 unspecified atom stereocenters. The first-order chi connectivity index (χ1) is 7.20. The fraction of sp³-hybridized carbons (Fsp3) is 0.727. The number of rotatable bonds is 5. The van der Waals surface area contributed by atoms with Crippen LogP contribution >= 0.6 is 0 Å². The zero-order valence-electron chi connectivity index (χ0n) is 9.25. The van der Waals surface area contributed by atoms with Crippen molar-refractivity contribution >= 4 is 5.97 Å². The summed E-state index contributed by atoms with van der Waals surface area (Å²) in [5, 5.41) is 3.26. The third-order valence-corrected chi connectivity index (χ3v) is 2.26. The van der Waals surface area contributed by atoms with Gasteiger partial charge in [0, 0.05) is 18.7 Å².